The largest absolute Gasteiger partial charge is 0.339 e. The first-order chi connectivity index (χ1) is 4.67. The standard InChI is InChI=1S/C5H11NO3S/c7-4-6-5-2-1-3-10(5,8)9/h4-5,8-9H,1-3H2,(H,6,7). The summed E-state index contributed by atoms with van der Waals surface area (Å²) in [5.41, 5.74) is 0. The number of nitrogens with one attached hydrogen (secondary N) is 1. The van der Waals surface area contributed by atoms with E-state index in [1.165, 1.54) is 0 Å². The minimum atomic E-state index is -2.49. The van der Waals surface area contributed by atoms with Crippen molar-refractivity contribution in [1.82, 2.24) is 5.32 Å². The molecule has 1 heterocycles. The van der Waals surface area contributed by atoms with Crippen LogP contribution in [0.15, 0.2) is 0 Å². The van der Waals surface area contributed by atoms with Crippen molar-refractivity contribution >= 4 is 17.0 Å². The number of carbonyl (C=O) groups excluding carboxylic acids is 1. The van der Waals surface area contributed by atoms with Crippen LogP contribution in [0.4, 0.5) is 0 Å². The predicted molar refractivity (Wildman–Crippen MR) is 39.9 cm³/mol. The van der Waals surface area contributed by atoms with E-state index < -0.39 is 16.0 Å². The summed E-state index contributed by atoms with van der Waals surface area (Å²) in [5.74, 6) is 0.429. The number of amides is 1. The molecule has 4 nitrogen and oxygen atoms in total. The third kappa shape index (κ3) is 1.42. The number of hydrogen-bond donors (Lipinski definition) is 3. The first-order valence-corrected chi connectivity index (χ1v) is 4.89. The normalized spacial score (nSPS) is 33.2. The molecule has 1 unspecified atom stereocenters. The Labute approximate surface area is 61.0 Å². The molecule has 1 fully saturated rings. The second-order valence-electron chi connectivity index (χ2n) is 2.34. The molecule has 60 valence electrons. The summed E-state index contributed by atoms with van der Waals surface area (Å²) in [7, 11) is -2.49. The Morgan fingerprint density at radius 3 is 2.70 bits per heavy atom. The van der Waals surface area contributed by atoms with Gasteiger partial charge >= 0.3 is 0 Å². The highest BCUT2D eigenvalue weighted by molar-refractivity contribution is 8.25. The fraction of sp³-hybridized carbons (Fsp3) is 0.800. The fourth-order valence-corrected chi connectivity index (χ4v) is 2.77. The SMILES string of the molecule is O=CNC1CCCS1(O)O. The second kappa shape index (κ2) is 2.77. The molecule has 0 aromatic heterocycles. The summed E-state index contributed by atoms with van der Waals surface area (Å²) >= 11 is 0. The van der Waals surface area contributed by atoms with Crippen LogP contribution >= 0.6 is 10.6 Å². The second-order valence-corrected chi connectivity index (χ2v) is 4.75. The van der Waals surface area contributed by atoms with Gasteiger partial charge in [-0.05, 0) is 12.8 Å². The van der Waals surface area contributed by atoms with Crippen LogP contribution in [-0.4, -0.2) is 26.6 Å². The molecule has 1 aliphatic heterocycles. The maximum Gasteiger partial charge on any atom is 0.208 e. The molecule has 1 rings (SSSR count). The van der Waals surface area contributed by atoms with E-state index in [-0.39, 0.29) is 0 Å². The van der Waals surface area contributed by atoms with E-state index in [1.54, 1.807) is 0 Å². The van der Waals surface area contributed by atoms with Gasteiger partial charge in [0, 0.05) is 5.75 Å². The molecule has 3 N–H and O–H groups in total. The van der Waals surface area contributed by atoms with Gasteiger partial charge in [-0.3, -0.25) is 13.9 Å². The van der Waals surface area contributed by atoms with E-state index in [0.717, 1.165) is 6.42 Å². The molecule has 1 aliphatic rings. The van der Waals surface area contributed by atoms with Gasteiger partial charge in [0.1, 0.15) is 5.37 Å². The Morgan fingerprint density at radius 2 is 2.30 bits per heavy atom. The van der Waals surface area contributed by atoms with Crippen molar-refractivity contribution in [3.8, 4) is 0 Å². The van der Waals surface area contributed by atoms with Crippen LogP contribution in [0.1, 0.15) is 12.8 Å². The van der Waals surface area contributed by atoms with Gasteiger partial charge in [-0.1, -0.05) is 0 Å². The lowest BCUT2D eigenvalue weighted by molar-refractivity contribution is -0.109. The van der Waals surface area contributed by atoms with Crippen LogP contribution in [-0.2, 0) is 4.79 Å². The van der Waals surface area contributed by atoms with E-state index in [0.29, 0.717) is 18.6 Å². The Bertz CT molecular complexity index is 139. The zero-order chi connectivity index (χ0) is 7.61. The maximum atomic E-state index is 9.93. The first-order valence-electron chi connectivity index (χ1n) is 3.11. The zero-order valence-electron chi connectivity index (χ0n) is 5.49. The molecule has 5 heteroatoms. The van der Waals surface area contributed by atoms with Crippen LogP contribution in [0.25, 0.3) is 0 Å². The molecule has 1 saturated heterocycles. The summed E-state index contributed by atoms with van der Waals surface area (Å²) in [6.07, 6.45) is 1.99. The van der Waals surface area contributed by atoms with Gasteiger partial charge in [0.25, 0.3) is 0 Å². The van der Waals surface area contributed by atoms with E-state index in [1.807, 2.05) is 0 Å². The van der Waals surface area contributed by atoms with Gasteiger partial charge in [-0.2, -0.15) is 10.6 Å². The van der Waals surface area contributed by atoms with Crippen LogP contribution in [0.2, 0.25) is 0 Å². The monoisotopic (exact) mass is 165 g/mol. The lowest BCUT2D eigenvalue weighted by Crippen LogP contribution is -2.29. The topological polar surface area (TPSA) is 69.6 Å². The molecule has 1 atom stereocenters. The molecule has 0 bridgehead atoms. The summed E-state index contributed by atoms with van der Waals surface area (Å²) in [4.78, 5) is 9.93. The van der Waals surface area contributed by atoms with Gasteiger partial charge in [0.2, 0.25) is 6.41 Å². The molecule has 0 saturated carbocycles. The highest BCUT2D eigenvalue weighted by Gasteiger charge is 2.30. The van der Waals surface area contributed by atoms with Crippen molar-refractivity contribution in [1.29, 1.82) is 0 Å². The quantitative estimate of drug-likeness (QED) is 0.525. The molecule has 10 heavy (non-hydrogen) atoms. The summed E-state index contributed by atoms with van der Waals surface area (Å²) in [5, 5.41) is 1.99. The van der Waals surface area contributed by atoms with E-state index in [9.17, 15) is 13.9 Å². The third-order valence-corrected chi connectivity index (χ3v) is 3.79. The summed E-state index contributed by atoms with van der Waals surface area (Å²) < 4.78 is 18.4. The van der Waals surface area contributed by atoms with Gasteiger partial charge in [-0.15, -0.1) is 0 Å². The molecule has 0 aromatic rings. The van der Waals surface area contributed by atoms with Gasteiger partial charge in [-0.25, -0.2) is 0 Å². The Hall–Kier alpha value is -0.260. The minimum Gasteiger partial charge on any atom is -0.339 e. The van der Waals surface area contributed by atoms with Crippen molar-refractivity contribution < 1.29 is 13.9 Å². The van der Waals surface area contributed by atoms with E-state index in [2.05, 4.69) is 5.32 Å². The molecule has 0 aliphatic carbocycles. The summed E-state index contributed by atoms with van der Waals surface area (Å²) in [6, 6.07) is 0. The average Bonchev–Trinajstić information content (AvgIpc) is 2.13. The number of rotatable bonds is 2. The predicted octanol–water partition coefficient (Wildman–Crippen LogP) is 0.603. The average molecular weight is 165 g/mol. The maximum absolute atomic E-state index is 9.93. The zero-order valence-corrected chi connectivity index (χ0v) is 6.30. The molecular weight excluding hydrogens is 154 g/mol. The highest BCUT2D eigenvalue weighted by Crippen LogP contribution is 2.50. The molecule has 1 amide bonds. The van der Waals surface area contributed by atoms with Gasteiger partial charge in [0.05, 0.1) is 0 Å². The van der Waals surface area contributed by atoms with Gasteiger partial charge in [0.15, 0.2) is 0 Å². The number of hydrogen-bond acceptors (Lipinski definition) is 3. The Morgan fingerprint density at radius 1 is 1.60 bits per heavy atom. The lowest BCUT2D eigenvalue weighted by Gasteiger charge is -2.32. The van der Waals surface area contributed by atoms with E-state index in [4.69, 9.17) is 0 Å². The minimum absolute atomic E-state index is 0.398. The van der Waals surface area contributed by atoms with Crippen LogP contribution in [0, 0.1) is 0 Å². The van der Waals surface area contributed by atoms with Crippen molar-refractivity contribution in [2.45, 2.75) is 18.2 Å². The van der Waals surface area contributed by atoms with Crippen molar-refractivity contribution in [2.24, 2.45) is 0 Å². The molecular formula is C5H11NO3S. The Balaban J connectivity index is 2.50. The summed E-state index contributed by atoms with van der Waals surface area (Å²) in [6.45, 7) is 0. The van der Waals surface area contributed by atoms with Crippen molar-refractivity contribution in [3.05, 3.63) is 0 Å². The first kappa shape index (κ1) is 7.84. The highest BCUT2D eigenvalue weighted by atomic mass is 32.3. The van der Waals surface area contributed by atoms with Crippen LogP contribution in [0.5, 0.6) is 0 Å². The lowest BCUT2D eigenvalue weighted by atomic mass is 10.3. The van der Waals surface area contributed by atoms with Crippen LogP contribution in [0.3, 0.4) is 0 Å². The van der Waals surface area contributed by atoms with E-state index >= 15 is 0 Å². The molecule has 0 aromatic carbocycles. The smallest absolute Gasteiger partial charge is 0.208 e. The number of carbonyl (C=O) groups is 1. The Kier molecular flexibility index (Phi) is 2.18. The fourth-order valence-electron chi connectivity index (χ4n) is 1.08. The molecule has 0 spiro atoms. The molecule has 0 radical (unpaired) electrons. The third-order valence-electron chi connectivity index (χ3n) is 1.62. The van der Waals surface area contributed by atoms with Crippen LogP contribution < -0.4 is 5.32 Å². The van der Waals surface area contributed by atoms with Crippen molar-refractivity contribution in [2.75, 3.05) is 5.75 Å². The van der Waals surface area contributed by atoms with Gasteiger partial charge < -0.3 is 5.32 Å². The van der Waals surface area contributed by atoms with Crippen molar-refractivity contribution in [3.63, 3.8) is 0 Å².